The molecule has 26 heavy (non-hydrogen) atoms. The van der Waals surface area contributed by atoms with Gasteiger partial charge in [-0.3, -0.25) is 0 Å². The van der Waals surface area contributed by atoms with Crippen LogP contribution in [0.5, 0.6) is 11.5 Å². The van der Waals surface area contributed by atoms with E-state index in [1.807, 2.05) is 54.8 Å². The summed E-state index contributed by atoms with van der Waals surface area (Å²) < 4.78 is 10.7. The van der Waals surface area contributed by atoms with Crippen LogP contribution in [0.15, 0.2) is 54.0 Å². The number of benzene rings is 2. The van der Waals surface area contributed by atoms with Gasteiger partial charge >= 0.3 is 0 Å². The molecule has 2 heterocycles. The number of rotatable bonds is 4. The molecule has 0 fully saturated rings. The summed E-state index contributed by atoms with van der Waals surface area (Å²) in [5.41, 5.74) is 4.32. The molecule has 1 aromatic heterocycles. The summed E-state index contributed by atoms with van der Waals surface area (Å²) in [5.74, 6) is 1.46. The third-order valence-corrected chi connectivity index (χ3v) is 4.80. The van der Waals surface area contributed by atoms with Gasteiger partial charge in [0.2, 0.25) is 6.79 Å². The maximum Gasteiger partial charge on any atom is 0.231 e. The minimum atomic E-state index is 0.243. The van der Waals surface area contributed by atoms with Crippen LogP contribution in [0.4, 0.5) is 5.69 Å². The van der Waals surface area contributed by atoms with Gasteiger partial charge in [0.05, 0.1) is 5.69 Å². The SMILES string of the molecule is Cc1cccc(N/C=C(\C#N)c2nc(-c3ccc4c(c3)OCO4)cs2)c1. The van der Waals surface area contributed by atoms with Gasteiger partial charge in [-0.05, 0) is 42.8 Å². The third kappa shape index (κ3) is 3.25. The number of hydrogen-bond donors (Lipinski definition) is 1. The van der Waals surface area contributed by atoms with Crippen molar-refractivity contribution in [2.24, 2.45) is 0 Å². The van der Waals surface area contributed by atoms with Crippen molar-refractivity contribution in [3.05, 3.63) is 64.6 Å². The van der Waals surface area contributed by atoms with E-state index in [0.717, 1.165) is 28.3 Å². The van der Waals surface area contributed by atoms with Crippen molar-refractivity contribution in [3.63, 3.8) is 0 Å². The van der Waals surface area contributed by atoms with Crippen molar-refractivity contribution in [2.75, 3.05) is 12.1 Å². The number of fused-ring (bicyclic) bond motifs is 1. The van der Waals surface area contributed by atoms with Crippen molar-refractivity contribution in [1.29, 1.82) is 5.26 Å². The highest BCUT2D eigenvalue weighted by atomic mass is 32.1. The molecule has 2 aromatic carbocycles. The summed E-state index contributed by atoms with van der Waals surface area (Å²) in [6.07, 6.45) is 1.69. The third-order valence-electron chi connectivity index (χ3n) is 3.92. The van der Waals surface area contributed by atoms with E-state index in [-0.39, 0.29) is 6.79 Å². The Kier molecular flexibility index (Phi) is 4.30. The molecule has 0 atom stereocenters. The van der Waals surface area contributed by atoms with E-state index in [1.165, 1.54) is 11.3 Å². The van der Waals surface area contributed by atoms with Gasteiger partial charge in [-0.15, -0.1) is 11.3 Å². The first-order chi connectivity index (χ1) is 12.7. The molecule has 1 aliphatic heterocycles. The number of hydrogen-bond acceptors (Lipinski definition) is 6. The molecule has 128 valence electrons. The molecule has 1 aliphatic rings. The number of thiazole rings is 1. The van der Waals surface area contributed by atoms with Crippen molar-refractivity contribution < 1.29 is 9.47 Å². The summed E-state index contributed by atoms with van der Waals surface area (Å²) in [7, 11) is 0. The van der Waals surface area contributed by atoms with Crippen LogP contribution in [-0.4, -0.2) is 11.8 Å². The number of nitriles is 1. The second kappa shape index (κ2) is 6.90. The van der Waals surface area contributed by atoms with E-state index in [9.17, 15) is 5.26 Å². The van der Waals surface area contributed by atoms with E-state index in [0.29, 0.717) is 16.3 Å². The summed E-state index contributed by atoms with van der Waals surface area (Å²) in [4.78, 5) is 4.60. The predicted molar refractivity (Wildman–Crippen MR) is 102 cm³/mol. The molecule has 0 unspecified atom stereocenters. The summed E-state index contributed by atoms with van der Waals surface area (Å²) in [6.45, 7) is 2.27. The van der Waals surface area contributed by atoms with Crippen molar-refractivity contribution >= 4 is 22.6 Å². The van der Waals surface area contributed by atoms with Crippen LogP contribution in [0, 0.1) is 18.3 Å². The Balaban J connectivity index is 1.57. The van der Waals surface area contributed by atoms with Gasteiger partial charge < -0.3 is 14.8 Å². The highest BCUT2D eigenvalue weighted by Crippen LogP contribution is 2.36. The molecular weight excluding hydrogens is 346 g/mol. The minimum absolute atomic E-state index is 0.243. The largest absolute Gasteiger partial charge is 0.454 e. The van der Waals surface area contributed by atoms with Crippen molar-refractivity contribution in [2.45, 2.75) is 6.92 Å². The number of nitrogens with one attached hydrogen (secondary N) is 1. The first-order valence-electron chi connectivity index (χ1n) is 8.02. The zero-order valence-corrected chi connectivity index (χ0v) is 14.8. The Hall–Kier alpha value is -3.30. The second-order valence-electron chi connectivity index (χ2n) is 5.79. The van der Waals surface area contributed by atoms with Gasteiger partial charge in [-0.1, -0.05) is 12.1 Å². The molecule has 4 rings (SSSR count). The van der Waals surface area contributed by atoms with Crippen LogP contribution < -0.4 is 14.8 Å². The maximum atomic E-state index is 9.49. The van der Waals surface area contributed by atoms with E-state index < -0.39 is 0 Å². The normalized spacial score (nSPS) is 12.7. The molecule has 0 amide bonds. The van der Waals surface area contributed by atoms with Gasteiger partial charge in [0.25, 0.3) is 0 Å². The van der Waals surface area contributed by atoms with Crippen molar-refractivity contribution in [1.82, 2.24) is 4.98 Å². The molecule has 0 spiro atoms. The monoisotopic (exact) mass is 361 g/mol. The second-order valence-corrected chi connectivity index (χ2v) is 6.65. The van der Waals surface area contributed by atoms with E-state index >= 15 is 0 Å². The summed E-state index contributed by atoms with van der Waals surface area (Å²) >= 11 is 1.43. The van der Waals surface area contributed by atoms with Gasteiger partial charge in [0.1, 0.15) is 16.6 Å². The van der Waals surface area contributed by atoms with Crippen LogP contribution in [0.3, 0.4) is 0 Å². The molecule has 6 heteroatoms. The predicted octanol–water partition coefficient (Wildman–Crippen LogP) is 4.82. The molecule has 0 bridgehead atoms. The van der Waals surface area contributed by atoms with Crippen LogP contribution in [0.25, 0.3) is 16.8 Å². The Morgan fingerprint density at radius 3 is 2.96 bits per heavy atom. The van der Waals surface area contributed by atoms with Gasteiger partial charge in [-0.25, -0.2) is 4.98 Å². The van der Waals surface area contributed by atoms with Crippen LogP contribution in [0.1, 0.15) is 10.6 Å². The van der Waals surface area contributed by atoms with Gasteiger partial charge in [0.15, 0.2) is 11.5 Å². The lowest BCUT2D eigenvalue weighted by Gasteiger charge is -2.02. The zero-order valence-electron chi connectivity index (χ0n) is 14.0. The maximum absolute atomic E-state index is 9.49. The topological polar surface area (TPSA) is 67.2 Å². The number of nitrogens with zero attached hydrogens (tertiary/aromatic N) is 2. The Morgan fingerprint density at radius 2 is 2.12 bits per heavy atom. The van der Waals surface area contributed by atoms with Crippen molar-refractivity contribution in [3.8, 4) is 28.8 Å². The number of aryl methyl sites for hydroxylation is 1. The lowest BCUT2D eigenvalue weighted by Crippen LogP contribution is -1.92. The Bertz CT molecular complexity index is 1030. The minimum Gasteiger partial charge on any atom is -0.454 e. The fraction of sp³-hybridized carbons (Fsp3) is 0.100. The van der Waals surface area contributed by atoms with Gasteiger partial charge in [0, 0.05) is 22.8 Å². The first-order valence-corrected chi connectivity index (χ1v) is 8.90. The zero-order chi connectivity index (χ0) is 17.9. The lowest BCUT2D eigenvalue weighted by molar-refractivity contribution is 0.174. The molecule has 0 radical (unpaired) electrons. The molecule has 3 aromatic rings. The fourth-order valence-electron chi connectivity index (χ4n) is 2.62. The Morgan fingerprint density at radius 1 is 1.23 bits per heavy atom. The van der Waals surface area contributed by atoms with Crippen LogP contribution in [-0.2, 0) is 0 Å². The molecule has 1 N–H and O–H groups in total. The van der Waals surface area contributed by atoms with Crippen LogP contribution >= 0.6 is 11.3 Å². The van der Waals surface area contributed by atoms with Gasteiger partial charge in [-0.2, -0.15) is 5.26 Å². The highest BCUT2D eigenvalue weighted by molar-refractivity contribution is 7.11. The molecule has 0 saturated heterocycles. The smallest absolute Gasteiger partial charge is 0.231 e. The fourth-order valence-corrected chi connectivity index (χ4v) is 3.41. The van der Waals surface area contributed by atoms with E-state index in [4.69, 9.17) is 9.47 Å². The Labute approximate surface area is 155 Å². The van der Waals surface area contributed by atoms with E-state index in [2.05, 4.69) is 16.4 Å². The molecule has 5 nitrogen and oxygen atoms in total. The quantitative estimate of drug-likeness (QED) is 0.675. The average molecular weight is 361 g/mol. The summed E-state index contributed by atoms with van der Waals surface area (Å²) in [6, 6.07) is 15.9. The standard InChI is InChI=1S/C20H15N3O2S/c1-13-3-2-4-16(7-13)22-10-15(9-21)20-23-17(11-26-20)14-5-6-18-19(8-14)25-12-24-18/h2-8,10-11,22H,12H2,1H3/b15-10+. The van der Waals surface area contributed by atoms with Crippen LogP contribution in [0.2, 0.25) is 0 Å². The average Bonchev–Trinajstić information content (AvgIpc) is 3.31. The molecule has 0 aliphatic carbocycles. The summed E-state index contributed by atoms with van der Waals surface area (Å²) in [5, 5.41) is 15.3. The number of anilines is 1. The molecular formula is C20H15N3O2S. The first kappa shape index (κ1) is 16.2. The number of allylic oxidation sites excluding steroid dienone is 1. The number of aromatic nitrogens is 1. The van der Waals surface area contributed by atoms with E-state index in [1.54, 1.807) is 6.20 Å². The highest BCUT2D eigenvalue weighted by Gasteiger charge is 2.15. The lowest BCUT2D eigenvalue weighted by atomic mass is 10.1. The molecule has 0 saturated carbocycles. The number of ether oxygens (including phenoxy) is 2.